The molecule has 2 fully saturated rings. The SMILES string of the molecule is CC(Nc1nccc(C#N)n1)C1CC2CCC1C2. The first-order valence-electron chi connectivity index (χ1n) is 6.76. The van der Waals surface area contributed by atoms with Crippen molar-refractivity contribution in [3.63, 3.8) is 0 Å². The summed E-state index contributed by atoms with van der Waals surface area (Å²) < 4.78 is 0. The van der Waals surface area contributed by atoms with Crippen LogP contribution in [0.1, 0.15) is 38.3 Å². The number of nitrogens with zero attached hydrogens (tertiary/aromatic N) is 3. The zero-order valence-corrected chi connectivity index (χ0v) is 10.6. The lowest BCUT2D eigenvalue weighted by Crippen LogP contribution is -2.30. The van der Waals surface area contributed by atoms with Gasteiger partial charge in [0.25, 0.3) is 0 Å². The first kappa shape index (κ1) is 11.5. The van der Waals surface area contributed by atoms with Crippen LogP contribution in [-0.2, 0) is 0 Å². The summed E-state index contributed by atoms with van der Waals surface area (Å²) in [5.41, 5.74) is 0.424. The molecule has 0 amide bonds. The Bertz CT molecular complexity index is 479. The summed E-state index contributed by atoms with van der Waals surface area (Å²) in [7, 11) is 0. The second-order valence-corrected chi connectivity index (χ2v) is 5.65. The van der Waals surface area contributed by atoms with Gasteiger partial charge in [0.15, 0.2) is 0 Å². The van der Waals surface area contributed by atoms with Gasteiger partial charge in [0, 0.05) is 12.2 Å². The maximum absolute atomic E-state index is 8.83. The standard InChI is InChI=1S/C14H18N4/c1-9(13-7-10-2-3-11(13)6-10)17-14-16-5-4-12(8-15)18-14/h4-5,9-11,13H,2-3,6-7H2,1H3,(H,16,17,18). The first-order valence-corrected chi connectivity index (χ1v) is 6.76. The van der Waals surface area contributed by atoms with Gasteiger partial charge in [-0.25, -0.2) is 9.97 Å². The molecule has 18 heavy (non-hydrogen) atoms. The third kappa shape index (κ3) is 2.05. The molecule has 4 heteroatoms. The van der Waals surface area contributed by atoms with E-state index in [9.17, 15) is 0 Å². The van der Waals surface area contributed by atoms with Crippen LogP contribution in [0.2, 0.25) is 0 Å². The third-order valence-electron chi connectivity index (χ3n) is 4.56. The van der Waals surface area contributed by atoms with Gasteiger partial charge in [0.05, 0.1) is 0 Å². The summed E-state index contributed by atoms with van der Waals surface area (Å²) in [6, 6.07) is 4.08. The van der Waals surface area contributed by atoms with E-state index < -0.39 is 0 Å². The van der Waals surface area contributed by atoms with Crippen molar-refractivity contribution in [1.29, 1.82) is 5.26 Å². The molecule has 4 atom stereocenters. The van der Waals surface area contributed by atoms with E-state index in [0.717, 1.165) is 17.8 Å². The minimum Gasteiger partial charge on any atom is -0.351 e. The van der Waals surface area contributed by atoms with E-state index >= 15 is 0 Å². The van der Waals surface area contributed by atoms with Crippen LogP contribution in [0.15, 0.2) is 12.3 Å². The smallest absolute Gasteiger partial charge is 0.224 e. The Hall–Kier alpha value is -1.63. The van der Waals surface area contributed by atoms with Crippen LogP contribution in [0.3, 0.4) is 0 Å². The Morgan fingerprint density at radius 1 is 1.44 bits per heavy atom. The van der Waals surface area contributed by atoms with Gasteiger partial charge in [-0.3, -0.25) is 0 Å². The molecule has 0 saturated heterocycles. The lowest BCUT2D eigenvalue weighted by Gasteiger charge is -2.28. The number of rotatable bonds is 3. The zero-order valence-electron chi connectivity index (χ0n) is 10.6. The van der Waals surface area contributed by atoms with Gasteiger partial charge in [-0.05, 0) is 50.0 Å². The summed E-state index contributed by atoms with van der Waals surface area (Å²) in [5, 5.41) is 12.2. The molecule has 0 aromatic carbocycles. The monoisotopic (exact) mass is 242 g/mol. The van der Waals surface area contributed by atoms with Crippen molar-refractivity contribution in [3.8, 4) is 6.07 Å². The maximum atomic E-state index is 8.83. The summed E-state index contributed by atoms with van der Waals surface area (Å²) in [6.45, 7) is 2.22. The van der Waals surface area contributed by atoms with Crippen LogP contribution in [0.5, 0.6) is 0 Å². The molecule has 4 nitrogen and oxygen atoms in total. The van der Waals surface area contributed by atoms with E-state index in [-0.39, 0.29) is 0 Å². The largest absolute Gasteiger partial charge is 0.351 e. The van der Waals surface area contributed by atoms with Crippen LogP contribution in [0.4, 0.5) is 5.95 Å². The number of anilines is 1. The Morgan fingerprint density at radius 3 is 3.00 bits per heavy atom. The first-order chi connectivity index (χ1) is 8.76. The Labute approximate surface area is 107 Å². The van der Waals surface area contributed by atoms with Gasteiger partial charge in [0.1, 0.15) is 11.8 Å². The molecule has 1 N–H and O–H groups in total. The van der Waals surface area contributed by atoms with Gasteiger partial charge in [-0.2, -0.15) is 5.26 Å². The maximum Gasteiger partial charge on any atom is 0.224 e. The Balaban J connectivity index is 1.67. The highest BCUT2D eigenvalue weighted by molar-refractivity contribution is 5.31. The van der Waals surface area contributed by atoms with Gasteiger partial charge in [-0.15, -0.1) is 0 Å². The van der Waals surface area contributed by atoms with Gasteiger partial charge in [-0.1, -0.05) is 6.42 Å². The summed E-state index contributed by atoms with van der Waals surface area (Å²) in [6.07, 6.45) is 7.21. The summed E-state index contributed by atoms with van der Waals surface area (Å²) in [4.78, 5) is 8.37. The summed E-state index contributed by atoms with van der Waals surface area (Å²) >= 11 is 0. The van der Waals surface area contributed by atoms with E-state index in [1.807, 2.05) is 6.07 Å². The van der Waals surface area contributed by atoms with Crippen molar-refractivity contribution < 1.29 is 0 Å². The molecule has 1 heterocycles. The lowest BCUT2D eigenvalue weighted by molar-refractivity contribution is 0.303. The Kier molecular flexibility index (Phi) is 2.91. The van der Waals surface area contributed by atoms with Crippen LogP contribution < -0.4 is 5.32 Å². The molecule has 3 rings (SSSR count). The predicted molar refractivity (Wildman–Crippen MR) is 68.8 cm³/mol. The number of hydrogen-bond acceptors (Lipinski definition) is 4. The van der Waals surface area contributed by atoms with E-state index in [1.165, 1.54) is 25.7 Å². The molecule has 2 bridgehead atoms. The minimum absolute atomic E-state index is 0.397. The summed E-state index contributed by atoms with van der Waals surface area (Å²) in [5.74, 6) is 3.18. The second kappa shape index (κ2) is 4.56. The van der Waals surface area contributed by atoms with Gasteiger partial charge >= 0.3 is 0 Å². The number of fused-ring (bicyclic) bond motifs is 2. The molecular formula is C14H18N4. The number of nitriles is 1. The van der Waals surface area contributed by atoms with Crippen molar-refractivity contribution >= 4 is 5.95 Å². The number of aromatic nitrogens is 2. The van der Waals surface area contributed by atoms with Gasteiger partial charge in [0.2, 0.25) is 5.95 Å². The van der Waals surface area contributed by atoms with E-state index in [1.54, 1.807) is 12.3 Å². The minimum atomic E-state index is 0.397. The molecule has 94 valence electrons. The van der Waals surface area contributed by atoms with Gasteiger partial charge < -0.3 is 5.32 Å². The van der Waals surface area contributed by atoms with Crippen molar-refractivity contribution in [2.45, 2.75) is 38.6 Å². The molecule has 0 spiro atoms. The molecule has 2 aliphatic carbocycles. The van der Waals surface area contributed by atoms with Crippen molar-refractivity contribution in [2.24, 2.45) is 17.8 Å². The average molecular weight is 242 g/mol. The van der Waals surface area contributed by atoms with Crippen LogP contribution in [-0.4, -0.2) is 16.0 Å². The normalized spacial score (nSPS) is 31.0. The Morgan fingerprint density at radius 2 is 2.33 bits per heavy atom. The highest BCUT2D eigenvalue weighted by Crippen LogP contribution is 2.49. The second-order valence-electron chi connectivity index (χ2n) is 5.65. The highest BCUT2D eigenvalue weighted by atomic mass is 15.1. The van der Waals surface area contributed by atoms with Crippen LogP contribution in [0, 0.1) is 29.1 Å². The fraction of sp³-hybridized carbons (Fsp3) is 0.643. The third-order valence-corrected chi connectivity index (χ3v) is 4.56. The van der Waals surface area contributed by atoms with Crippen molar-refractivity contribution in [1.82, 2.24) is 9.97 Å². The molecule has 2 saturated carbocycles. The number of nitrogens with one attached hydrogen (secondary N) is 1. The fourth-order valence-electron chi connectivity index (χ4n) is 3.71. The fourth-order valence-corrected chi connectivity index (χ4v) is 3.71. The average Bonchev–Trinajstić information content (AvgIpc) is 3.01. The molecule has 2 aliphatic rings. The topological polar surface area (TPSA) is 61.6 Å². The lowest BCUT2D eigenvalue weighted by atomic mass is 9.84. The van der Waals surface area contributed by atoms with Crippen molar-refractivity contribution in [3.05, 3.63) is 18.0 Å². The zero-order chi connectivity index (χ0) is 12.5. The predicted octanol–water partition coefficient (Wildman–Crippen LogP) is 2.58. The van der Waals surface area contributed by atoms with Crippen LogP contribution in [0.25, 0.3) is 0 Å². The van der Waals surface area contributed by atoms with Crippen molar-refractivity contribution in [2.75, 3.05) is 5.32 Å². The van der Waals surface area contributed by atoms with E-state index in [0.29, 0.717) is 17.7 Å². The van der Waals surface area contributed by atoms with Crippen LogP contribution >= 0.6 is 0 Å². The highest BCUT2D eigenvalue weighted by Gasteiger charge is 2.41. The molecule has 0 aliphatic heterocycles. The van der Waals surface area contributed by atoms with E-state index in [4.69, 9.17) is 5.26 Å². The molecular weight excluding hydrogens is 224 g/mol. The quantitative estimate of drug-likeness (QED) is 0.885. The molecule has 1 aromatic heterocycles. The molecule has 0 radical (unpaired) electrons. The molecule has 1 aromatic rings. The number of hydrogen-bond donors (Lipinski definition) is 1. The molecule has 4 unspecified atom stereocenters. The van der Waals surface area contributed by atoms with E-state index in [2.05, 4.69) is 22.2 Å².